The van der Waals surface area contributed by atoms with E-state index in [-0.39, 0.29) is 11.6 Å². The lowest BCUT2D eigenvalue weighted by Crippen LogP contribution is -2.56. The summed E-state index contributed by atoms with van der Waals surface area (Å²) < 4.78 is 13.8. The van der Waals surface area contributed by atoms with Crippen molar-refractivity contribution in [3.05, 3.63) is 17.7 Å². The van der Waals surface area contributed by atoms with Crippen LogP contribution in [0.2, 0.25) is 0 Å². The third-order valence-corrected chi connectivity index (χ3v) is 4.02. The molecule has 0 bridgehead atoms. The van der Waals surface area contributed by atoms with Crippen molar-refractivity contribution in [2.75, 3.05) is 26.4 Å². The maximum atomic E-state index is 6.09. The lowest BCUT2D eigenvalue weighted by Gasteiger charge is -2.45. The van der Waals surface area contributed by atoms with Crippen molar-refractivity contribution in [2.24, 2.45) is 7.05 Å². The van der Waals surface area contributed by atoms with E-state index in [1.54, 1.807) is 0 Å². The van der Waals surface area contributed by atoms with Gasteiger partial charge in [-0.25, -0.2) is 4.98 Å². The smallest absolute Gasteiger partial charge is 0.112 e. The number of ether oxygens (including phenoxy) is 2. The van der Waals surface area contributed by atoms with Crippen LogP contribution in [0.5, 0.6) is 0 Å². The molecule has 1 aromatic rings. The first kappa shape index (κ1) is 12.1. The summed E-state index contributed by atoms with van der Waals surface area (Å²) in [5.74, 6) is 1.03. The van der Waals surface area contributed by atoms with Crippen molar-refractivity contribution in [1.82, 2.24) is 14.9 Å². The Balaban J connectivity index is 1.91. The van der Waals surface area contributed by atoms with Crippen LogP contribution < -0.4 is 5.32 Å². The van der Waals surface area contributed by atoms with E-state index in [0.717, 1.165) is 44.1 Å². The van der Waals surface area contributed by atoms with Gasteiger partial charge in [0, 0.05) is 26.4 Å². The molecule has 0 aliphatic carbocycles. The molecule has 0 saturated carbocycles. The number of hydrogen-bond acceptors (Lipinski definition) is 4. The minimum absolute atomic E-state index is 0.145. The first-order valence-electron chi connectivity index (χ1n) is 6.66. The zero-order chi connectivity index (χ0) is 12.6. The Hall–Kier alpha value is -0.910. The van der Waals surface area contributed by atoms with Crippen molar-refractivity contribution < 1.29 is 9.47 Å². The summed E-state index contributed by atoms with van der Waals surface area (Å²) in [5.41, 5.74) is 0.845. The molecule has 1 N–H and O–H groups in total. The molecule has 0 radical (unpaired) electrons. The highest BCUT2D eigenvalue weighted by Gasteiger charge is 2.45. The molecule has 2 saturated heterocycles. The van der Waals surface area contributed by atoms with Crippen LogP contribution in [0.4, 0.5) is 0 Å². The van der Waals surface area contributed by atoms with Crippen LogP contribution in [0.3, 0.4) is 0 Å². The first-order chi connectivity index (χ1) is 8.71. The highest BCUT2D eigenvalue weighted by molar-refractivity contribution is 5.15. The summed E-state index contributed by atoms with van der Waals surface area (Å²) in [4.78, 5) is 4.65. The molecule has 2 aliphatic rings. The van der Waals surface area contributed by atoms with E-state index in [1.807, 2.05) is 14.0 Å². The van der Waals surface area contributed by atoms with Crippen molar-refractivity contribution in [2.45, 2.75) is 31.4 Å². The second-order valence-corrected chi connectivity index (χ2v) is 5.28. The molecule has 5 nitrogen and oxygen atoms in total. The van der Waals surface area contributed by atoms with Gasteiger partial charge >= 0.3 is 0 Å². The van der Waals surface area contributed by atoms with E-state index < -0.39 is 0 Å². The van der Waals surface area contributed by atoms with Gasteiger partial charge in [-0.15, -0.1) is 0 Å². The molecule has 2 atom stereocenters. The Kier molecular flexibility index (Phi) is 3.13. The number of hydrogen-bond donors (Lipinski definition) is 1. The summed E-state index contributed by atoms with van der Waals surface area (Å²) in [6, 6.07) is 0.145. The number of morpholine rings is 1. The molecule has 1 aromatic heterocycles. The van der Waals surface area contributed by atoms with Gasteiger partial charge in [0.25, 0.3) is 0 Å². The molecule has 3 heterocycles. The van der Waals surface area contributed by atoms with E-state index >= 15 is 0 Å². The van der Waals surface area contributed by atoms with Crippen LogP contribution in [0.1, 0.15) is 30.4 Å². The third kappa shape index (κ3) is 1.96. The van der Waals surface area contributed by atoms with Crippen molar-refractivity contribution >= 4 is 0 Å². The molecule has 5 heteroatoms. The largest absolute Gasteiger partial charge is 0.378 e. The zero-order valence-corrected chi connectivity index (χ0v) is 11.1. The Bertz CT molecular complexity index is 396. The summed E-state index contributed by atoms with van der Waals surface area (Å²) in [6.45, 7) is 5.17. The highest BCUT2D eigenvalue weighted by Crippen LogP contribution is 2.37. The molecule has 2 aliphatic heterocycles. The predicted octanol–water partition coefficient (Wildman–Crippen LogP) is 0.939. The summed E-state index contributed by atoms with van der Waals surface area (Å²) in [7, 11) is 2.03. The van der Waals surface area contributed by atoms with Gasteiger partial charge in [0.2, 0.25) is 0 Å². The van der Waals surface area contributed by atoms with Gasteiger partial charge in [-0.2, -0.15) is 0 Å². The number of aromatic nitrogens is 2. The van der Waals surface area contributed by atoms with E-state index in [9.17, 15) is 0 Å². The van der Waals surface area contributed by atoms with Crippen LogP contribution >= 0.6 is 0 Å². The van der Waals surface area contributed by atoms with E-state index in [4.69, 9.17) is 9.47 Å². The number of aryl methyl sites for hydroxylation is 2. The fourth-order valence-electron chi connectivity index (χ4n) is 2.96. The molecule has 0 aromatic carbocycles. The molecule has 2 fully saturated rings. The maximum absolute atomic E-state index is 6.09. The summed E-state index contributed by atoms with van der Waals surface area (Å²) in [5, 5.41) is 3.56. The van der Waals surface area contributed by atoms with Gasteiger partial charge in [0.05, 0.1) is 24.9 Å². The third-order valence-electron chi connectivity index (χ3n) is 4.02. The van der Waals surface area contributed by atoms with Crippen molar-refractivity contribution in [3.8, 4) is 0 Å². The minimum atomic E-state index is -0.225. The lowest BCUT2D eigenvalue weighted by molar-refractivity contribution is -0.165. The topological polar surface area (TPSA) is 48.3 Å². The quantitative estimate of drug-likeness (QED) is 0.807. The van der Waals surface area contributed by atoms with E-state index in [0.29, 0.717) is 6.61 Å². The summed E-state index contributed by atoms with van der Waals surface area (Å²) in [6.07, 6.45) is 4.20. The molecule has 3 rings (SSSR count). The number of nitrogens with one attached hydrogen (secondary N) is 1. The predicted molar refractivity (Wildman–Crippen MR) is 67.4 cm³/mol. The molecule has 0 amide bonds. The van der Waals surface area contributed by atoms with Crippen molar-refractivity contribution in [1.29, 1.82) is 0 Å². The highest BCUT2D eigenvalue weighted by atomic mass is 16.5. The average molecular weight is 251 g/mol. The second kappa shape index (κ2) is 4.64. The van der Waals surface area contributed by atoms with E-state index in [2.05, 4.69) is 21.1 Å². The maximum Gasteiger partial charge on any atom is 0.112 e. The van der Waals surface area contributed by atoms with Crippen LogP contribution in [-0.2, 0) is 16.5 Å². The van der Waals surface area contributed by atoms with Gasteiger partial charge in [-0.3, -0.25) is 0 Å². The minimum Gasteiger partial charge on any atom is -0.378 e. The Morgan fingerprint density at radius 3 is 3.06 bits per heavy atom. The fourth-order valence-corrected chi connectivity index (χ4v) is 2.96. The normalized spacial score (nSPS) is 32.9. The Morgan fingerprint density at radius 2 is 2.39 bits per heavy atom. The van der Waals surface area contributed by atoms with Crippen LogP contribution in [0.15, 0.2) is 6.20 Å². The van der Waals surface area contributed by atoms with Crippen LogP contribution in [0.25, 0.3) is 0 Å². The number of rotatable bonds is 1. The molecule has 2 unspecified atom stereocenters. The van der Waals surface area contributed by atoms with Gasteiger partial charge in [-0.1, -0.05) is 0 Å². The Morgan fingerprint density at radius 1 is 1.50 bits per heavy atom. The fraction of sp³-hybridized carbons (Fsp3) is 0.769. The van der Waals surface area contributed by atoms with Crippen molar-refractivity contribution in [3.63, 3.8) is 0 Å². The lowest BCUT2D eigenvalue weighted by atomic mass is 9.85. The molecular weight excluding hydrogens is 230 g/mol. The van der Waals surface area contributed by atoms with E-state index in [1.165, 1.54) is 0 Å². The molecular formula is C13H21N3O2. The zero-order valence-electron chi connectivity index (χ0n) is 11.1. The number of imidazole rings is 1. The second-order valence-electron chi connectivity index (χ2n) is 5.28. The van der Waals surface area contributed by atoms with Gasteiger partial charge in [0.15, 0.2) is 0 Å². The monoisotopic (exact) mass is 251 g/mol. The van der Waals surface area contributed by atoms with Crippen LogP contribution in [0, 0.1) is 6.92 Å². The van der Waals surface area contributed by atoms with Gasteiger partial charge in [0.1, 0.15) is 11.4 Å². The number of nitrogens with zero attached hydrogens (tertiary/aromatic N) is 2. The average Bonchev–Trinajstić information content (AvgIpc) is 2.71. The van der Waals surface area contributed by atoms with Crippen LogP contribution in [-0.4, -0.2) is 41.5 Å². The standard InChI is InChI=1S/C13H21N3O2/c1-10-15-11(8-16(10)2)12-13(18-7-5-14-12)4-3-6-17-9-13/h8,12,14H,3-7,9H2,1-2H3. The Labute approximate surface area is 107 Å². The van der Waals surface area contributed by atoms with Gasteiger partial charge < -0.3 is 19.4 Å². The molecule has 100 valence electrons. The molecule has 18 heavy (non-hydrogen) atoms. The summed E-state index contributed by atoms with van der Waals surface area (Å²) >= 11 is 0. The molecule has 1 spiro atoms. The first-order valence-corrected chi connectivity index (χ1v) is 6.66. The SMILES string of the molecule is Cc1nc(C2NCCOC23CCCOC3)cn1C. The van der Waals surface area contributed by atoms with Gasteiger partial charge in [-0.05, 0) is 19.8 Å².